The zero-order valence-electron chi connectivity index (χ0n) is 12.0. The van der Waals surface area contributed by atoms with Crippen molar-refractivity contribution in [3.63, 3.8) is 0 Å². The summed E-state index contributed by atoms with van der Waals surface area (Å²) in [6.45, 7) is 6.85. The van der Waals surface area contributed by atoms with Crippen molar-refractivity contribution in [2.24, 2.45) is 5.41 Å². The Hall–Kier alpha value is -1.09. The van der Waals surface area contributed by atoms with Gasteiger partial charge < -0.3 is 5.32 Å². The highest BCUT2D eigenvalue weighted by molar-refractivity contribution is 7.18. The molecule has 102 valence electrons. The Bertz CT molecular complexity index is 585. The van der Waals surface area contributed by atoms with Crippen molar-refractivity contribution in [1.29, 1.82) is 0 Å². The lowest BCUT2D eigenvalue weighted by Gasteiger charge is -2.39. The summed E-state index contributed by atoms with van der Waals surface area (Å²) in [5.41, 5.74) is 2.77. The lowest BCUT2D eigenvalue weighted by atomic mass is 9.73. The molecule has 1 aliphatic carbocycles. The molecular formula is C16H22N2S. The van der Waals surface area contributed by atoms with Crippen molar-refractivity contribution >= 4 is 27.2 Å². The highest BCUT2D eigenvalue weighted by atomic mass is 32.1. The van der Waals surface area contributed by atoms with Crippen molar-refractivity contribution in [2.45, 2.75) is 52.5 Å². The van der Waals surface area contributed by atoms with Gasteiger partial charge in [0, 0.05) is 11.7 Å². The molecule has 19 heavy (non-hydrogen) atoms. The number of anilines is 1. The summed E-state index contributed by atoms with van der Waals surface area (Å²) in [4.78, 5) is 4.52. The van der Waals surface area contributed by atoms with E-state index in [1.807, 2.05) is 0 Å². The van der Waals surface area contributed by atoms with Gasteiger partial charge in [-0.15, -0.1) is 11.3 Å². The SMILES string of the molecule is Cc1nc2ccc(NC3CCCCC3(C)C)cc2s1. The molecule has 0 radical (unpaired) electrons. The van der Waals surface area contributed by atoms with E-state index in [9.17, 15) is 0 Å². The first-order valence-electron chi connectivity index (χ1n) is 7.18. The fraction of sp³-hybridized carbons (Fsp3) is 0.562. The molecule has 1 atom stereocenters. The fourth-order valence-corrected chi connectivity index (χ4v) is 3.96. The molecule has 1 saturated carbocycles. The predicted molar refractivity (Wildman–Crippen MR) is 84.0 cm³/mol. The number of hydrogen-bond donors (Lipinski definition) is 1. The van der Waals surface area contributed by atoms with Gasteiger partial charge in [0.15, 0.2) is 0 Å². The van der Waals surface area contributed by atoms with Crippen molar-refractivity contribution in [3.8, 4) is 0 Å². The van der Waals surface area contributed by atoms with Crippen LogP contribution in [0.3, 0.4) is 0 Å². The zero-order valence-corrected chi connectivity index (χ0v) is 12.8. The number of rotatable bonds is 2. The number of benzene rings is 1. The van der Waals surface area contributed by atoms with Gasteiger partial charge in [-0.3, -0.25) is 0 Å². The molecule has 3 heteroatoms. The monoisotopic (exact) mass is 274 g/mol. The Morgan fingerprint density at radius 3 is 2.95 bits per heavy atom. The maximum atomic E-state index is 4.52. The number of aromatic nitrogens is 1. The quantitative estimate of drug-likeness (QED) is 0.835. The van der Waals surface area contributed by atoms with Crippen LogP contribution in [-0.2, 0) is 0 Å². The molecule has 1 N–H and O–H groups in total. The van der Waals surface area contributed by atoms with E-state index < -0.39 is 0 Å². The zero-order chi connectivity index (χ0) is 13.5. The number of fused-ring (bicyclic) bond motifs is 1. The second-order valence-corrected chi connectivity index (χ2v) is 7.58. The van der Waals surface area contributed by atoms with Crippen LogP contribution in [0, 0.1) is 12.3 Å². The molecule has 1 aromatic heterocycles. The lowest BCUT2D eigenvalue weighted by Crippen LogP contribution is -2.38. The minimum absolute atomic E-state index is 0.400. The summed E-state index contributed by atoms with van der Waals surface area (Å²) in [5.74, 6) is 0. The summed E-state index contributed by atoms with van der Waals surface area (Å²) < 4.78 is 1.29. The van der Waals surface area contributed by atoms with Gasteiger partial charge >= 0.3 is 0 Å². The number of nitrogens with one attached hydrogen (secondary N) is 1. The smallest absolute Gasteiger partial charge is 0.0907 e. The molecule has 0 amide bonds. The van der Waals surface area contributed by atoms with E-state index in [-0.39, 0.29) is 0 Å². The highest BCUT2D eigenvalue weighted by Gasteiger charge is 2.31. The van der Waals surface area contributed by atoms with Crippen molar-refractivity contribution in [2.75, 3.05) is 5.32 Å². The van der Waals surface area contributed by atoms with E-state index >= 15 is 0 Å². The second kappa shape index (κ2) is 4.78. The molecule has 2 nitrogen and oxygen atoms in total. The summed E-state index contributed by atoms with van der Waals surface area (Å²) >= 11 is 1.78. The Labute approximate surface area is 119 Å². The molecule has 2 aromatic rings. The fourth-order valence-electron chi connectivity index (χ4n) is 3.09. The molecule has 0 aliphatic heterocycles. The van der Waals surface area contributed by atoms with Crippen LogP contribution < -0.4 is 5.32 Å². The van der Waals surface area contributed by atoms with Crippen LogP contribution in [0.15, 0.2) is 18.2 Å². The summed E-state index contributed by atoms with van der Waals surface area (Å²) in [6.07, 6.45) is 5.33. The molecular weight excluding hydrogens is 252 g/mol. The first kappa shape index (κ1) is 12.9. The molecule has 1 aromatic carbocycles. The molecule has 0 bridgehead atoms. The molecule has 0 spiro atoms. The third kappa shape index (κ3) is 2.62. The van der Waals surface area contributed by atoms with Crippen molar-refractivity contribution in [3.05, 3.63) is 23.2 Å². The normalized spacial score (nSPS) is 22.6. The second-order valence-electron chi connectivity index (χ2n) is 6.35. The molecule has 3 rings (SSSR count). The third-order valence-corrected chi connectivity index (χ3v) is 5.28. The Balaban J connectivity index is 1.84. The lowest BCUT2D eigenvalue weighted by molar-refractivity contribution is 0.217. The van der Waals surface area contributed by atoms with Gasteiger partial charge in [0.2, 0.25) is 0 Å². The molecule has 1 heterocycles. The third-order valence-electron chi connectivity index (χ3n) is 4.34. The van der Waals surface area contributed by atoms with Crippen LogP contribution in [0.5, 0.6) is 0 Å². The van der Waals surface area contributed by atoms with E-state index in [2.05, 4.69) is 49.3 Å². The largest absolute Gasteiger partial charge is 0.382 e. The number of hydrogen-bond acceptors (Lipinski definition) is 3. The number of aryl methyl sites for hydroxylation is 1. The average molecular weight is 274 g/mol. The first-order chi connectivity index (χ1) is 9.04. The highest BCUT2D eigenvalue weighted by Crippen LogP contribution is 2.37. The minimum Gasteiger partial charge on any atom is -0.382 e. The number of nitrogens with zero attached hydrogens (tertiary/aromatic N) is 1. The topological polar surface area (TPSA) is 24.9 Å². The van der Waals surface area contributed by atoms with Gasteiger partial charge in [0.25, 0.3) is 0 Å². The van der Waals surface area contributed by atoms with E-state index in [1.165, 1.54) is 36.1 Å². The predicted octanol–water partition coefficient (Wildman–Crippen LogP) is 4.99. The van der Waals surface area contributed by atoms with Crippen LogP contribution in [0.1, 0.15) is 44.5 Å². The van der Waals surface area contributed by atoms with E-state index in [4.69, 9.17) is 0 Å². The van der Waals surface area contributed by atoms with Crippen LogP contribution >= 0.6 is 11.3 Å². The van der Waals surface area contributed by atoms with E-state index in [0.717, 1.165) is 10.5 Å². The summed E-state index contributed by atoms with van der Waals surface area (Å²) in [5, 5.41) is 4.90. The molecule has 1 unspecified atom stereocenters. The van der Waals surface area contributed by atoms with Crippen LogP contribution in [0.25, 0.3) is 10.2 Å². The Morgan fingerprint density at radius 1 is 1.32 bits per heavy atom. The maximum Gasteiger partial charge on any atom is 0.0907 e. The standard InChI is InChI=1S/C16H22N2S/c1-11-17-13-8-7-12(10-14(13)19-11)18-15-6-4-5-9-16(15,2)3/h7-8,10,15,18H,4-6,9H2,1-3H3. The summed E-state index contributed by atoms with van der Waals surface area (Å²) in [7, 11) is 0. The van der Waals surface area contributed by atoms with Gasteiger partial charge in [-0.25, -0.2) is 4.98 Å². The van der Waals surface area contributed by atoms with Gasteiger partial charge in [0.1, 0.15) is 0 Å². The van der Waals surface area contributed by atoms with E-state index in [0.29, 0.717) is 11.5 Å². The number of thiazole rings is 1. The van der Waals surface area contributed by atoms with Gasteiger partial charge in [-0.05, 0) is 43.4 Å². The van der Waals surface area contributed by atoms with Gasteiger partial charge in [0.05, 0.1) is 15.2 Å². The van der Waals surface area contributed by atoms with Crippen LogP contribution in [0.4, 0.5) is 5.69 Å². The molecule has 1 aliphatic rings. The minimum atomic E-state index is 0.400. The molecule has 1 fully saturated rings. The summed E-state index contributed by atoms with van der Waals surface area (Å²) in [6, 6.07) is 7.15. The Morgan fingerprint density at radius 2 is 2.16 bits per heavy atom. The van der Waals surface area contributed by atoms with Crippen molar-refractivity contribution < 1.29 is 0 Å². The van der Waals surface area contributed by atoms with Gasteiger partial charge in [-0.1, -0.05) is 26.7 Å². The van der Waals surface area contributed by atoms with Crippen LogP contribution in [-0.4, -0.2) is 11.0 Å². The first-order valence-corrected chi connectivity index (χ1v) is 8.00. The van der Waals surface area contributed by atoms with Crippen molar-refractivity contribution in [1.82, 2.24) is 4.98 Å². The van der Waals surface area contributed by atoms with E-state index in [1.54, 1.807) is 11.3 Å². The van der Waals surface area contributed by atoms with Crippen LogP contribution in [0.2, 0.25) is 0 Å². The molecule has 0 saturated heterocycles. The average Bonchev–Trinajstić information content (AvgIpc) is 2.71. The Kier molecular flexibility index (Phi) is 3.25. The van der Waals surface area contributed by atoms with Gasteiger partial charge in [-0.2, -0.15) is 0 Å². The maximum absolute atomic E-state index is 4.52.